The number of rotatable bonds is 7. The van der Waals surface area contributed by atoms with Crippen LogP contribution in [0.25, 0.3) is 0 Å². The monoisotopic (exact) mass is 494 g/mol. The third-order valence-electron chi connectivity index (χ3n) is 5.82. The summed E-state index contributed by atoms with van der Waals surface area (Å²) in [6.45, 7) is 7.50. The lowest BCUT2D eigenvalue weighted by Crippen LogP contribution is -2.45. The molecule has 1 fully saturated rings. The van der Waals surface area contributed by atoms with Gasteiger partial charge in [-0.2, -0.15) is 0 Å². The van der Waals surface area contributed by atoms with Gasteiger partial charge >= 0.3 is 0 Å². The highest BCUT2D eigenvalue weighted by Gasteiger charge is 2.23. The maximum Gasteiger partial charge on any atom is 0.256 e. The second-order valence-corrected chi connectivity index (χ2v) is 10.6. The van der Waals surface area contributed by atoms with Crippen LogP contribution in [-0.4, -0.2) is 44.6 Å². The molecule has 1 aromatic heterocycles. The molecule has 0 aliphatic carbocycles. The number of nitrogens with zero attached hydrogens (tertiary/aromatic N) is 2. The van der Waals surface area contributed by atoms with Gasteiger partial charge in [0.05, 0.1) is 29.0 Å². The summed E-state index contributed by atoms with van der Waals surface area (Å²) < 4.78 is 34.0. The SMILES string of the molecule is Cc1ccc(S(=O)(=O)NCc2ccccc2)cc1C(=O)Nc1ccc(N2CC(C)OC(C)C2)nc1. The van der Waals surface area contributed by atoms with Crippen LogP contribution in [0.2, 0.25) is 0 Å². The molecule has 2 aromatic carbocycles. The molecule has 0 spiro atoms. The number of benzene rings is 2. The highest BCUT2D eigenvalue weighted by Crippen LogP contribution is 2.21. The summed E-state index contributed by atoms with van der Waals surface area (Å²) in [4.78, 5) is 19.7. The number of nitrogens with one attached hydrogen (secondary N) is 2. The van der Waals surface area contributed by atoms with Gasteiger partial charge in [0.2, 0.25) is 10.0 Å². The van der Waals surface area contributed by atoms with Gasteiger partial charge in [-0.15, -0.1) is 0 Å². The number of hydrogen-bond acceptors (Lipinski definition) is 6. The predicted molar refractivity (Wildman–Crippen MR) is 136 cm³/mol. The summed E-state index contributed by atoms with van der Waals surface area (Å²) in [7, 11) is -3.79. The topological polar surface area (TPSA) is 101 Å². The van der Waals surface area contributed by atoms with Crippen LogP contribution in [0, 0.1) is 6.92 Å². The van der Waals surface area contributed by atoms with Gasteiger partial charge in [-0.25, -0.2) is 18.1 Å². The van der Waals surface area contributed by atoms with E-state index < -0.39 is 15.9 Å². The smallest absolute Gasteiger partial charge is 0.256 e. The quantitative estimate of drug-likeness (QED) is 0.519. The van der Waals surface area contributed by atoms with Crippen LogP contribution in [0.5, 0.6) is 0 Å². The second kappa shape index (κ2) is 10.6. The summed E-state index contributed by atoms with van der Waals surface area (Å²) in [5.41, 5.74) is 2.33. The Morgan fingerprint density at radius 3 is 2.43 bits per heavy atom. The highest BCUT2D eigenvalue weighted by atomic mass is 32.2. The molecule has 4 rings (SSSR count). The van der Waals surface area contributed by atoms with E-state index in [4.69, 9.17) is 4.74 Å². The van der Waals surface area contributed by atoms with Gasteiger partial charge < -0.3 is 15.0 Å². The van der Waals surface area contributed by atoms with Crippen LogP contribution in [0.3, 0.4) is 0 Å². The van der Waals surface area contributed by atoms with E-state index in [0.717, 1.165) is 24.5 Å². The van der Waals surface area contributed by atoms with Gasteiger partial charge in [0.15, 0.2) is 0 Å². The minimum Gasteiger partial charge on any atom is -0.372 e. The van der Waals surface area contributed by atoms with Gasteiger partial charge in [-0.05, 0) is 56.2 Å². The van der Waals surface area contributed by atoms with Crippen molar-refractivity contribution in [1.82, 2.24) is 9.71 Å². The molecule has 0 saturated carbocycles. The number of ether oxygens (including phenoxy) is 1. The fraction of sp³-hybridized carbons (Fsp3) is 0.308. The Hall–Kier alpha value is -3.27. The molecule has 1 aliphatic rings. The first kappa shape index (κ1) is 24.8. The zero-order valence-corrected chi connectivity index (χ0v) is 20.9. The summed E-state index contributed by atoms with van der Waals surface area (Å²) in [6, 6.07) is 17.4. The first-order valence-corrected chi connectivity index (χ1v) is 13.0. The van der Waals surface area contributed by atoms with E-state index in [-0.39, 0.29) is 29.2 Å². The van der Waals surface area contributed by atoms with Crippen molar-refractivity contribution in [3.8, 4) is 0 Å². The maximum atomic E-state index is 13.0. The third kappa shape index (κ3) is 6.25. The number of aromatic nitrogens is 1. The zero-order chi connectivity index (χ0) is 25.0. The van der Waals surface area contributed by atoms with E-state index in [2.05, 4.69) is 19.9 Å². The van der Waals surface area contributed by atoms with Gasteiger partial charge in [-0.3, -0.25) is 4.79 Å². The number of aryl methyl sites for hydroxylation is 1. The van der Waals surface area contributed by atoms with Gasteiger partial charge in [-0.1, -0.05) is 36.4 Å². The normalized spacial score (nSPS) is 18.3. The lowest BCUT2D eigenvalue weighted by Gasteiger charge is -2.36. The largest absolute Gasteiger partial charge is 0.372 e. The van der Waals surface area contributed by atoms with E-state index in [0.29, 0.717) is 11.3 Å². The van der Waals surface area contributed by atoms with Gasteiger partial charge in [0.25, 0.3) is 5.91 Å². The van der Waals surface area contributed by atoms with Crippen molar-refractivity contribution in [2.24, 2.45) is 0 Å². The lowest BCUT2D eigenvalue weighted by atomic mass is 10.1. The fourth-order valence-corrected chi connectivity index (χ4v) is 5.12. The molecule has 2 heterocycles. The Morgan fingerprint density at radius 1 is 1.06 bits per heavy atom. The Labute approximate surface area is 206 Å². The van der Waals surface area contributed by atoms with Gasteiger partial charge in [0.1, 0.15) is 5.82 Å². The molecule has 8 nitrogen and oxygen atoms in total. The van der Waals surface area contributed by atoms with Crippen LogP contribution in [0.15, 0.2) is 71.8 Å². The molecule has 0 bridgehead atoms. The van der Waals surface area contributed by atoms with Crippen molar-refractivity contribution in [3.63, 3.8) is 0 Å². The minimum atomic E-state index is -3.79. The molecule has 2 atom stereocenters. The average molecular weight is 495 g/mol. The van der Waals surface area contributed by atoms with Crippen LogP contribution in [0.1, 0.15) is 35.3 Å². The lowest BCUT2D eigenvalue weighted by molar-refractivity contribution is -0.00545. The summed E-state index contributed by atoms with van der Waals surface area (Å²) in [5, 5.41) is 2.82. The molecule has 1 saturated heterocycles. The molecule has 2 N–H and O–H groups in total. The molecular weight excluding hydrogens is 464 g/mol. The number of sulfonamides is 1. The minimum absolute atomic E-state index is 0.0354. The first-order valence-electron chi connectivity index (χ1n) is 11.5. The third-order valence-corrected chi connectivity index (χ3v) is 7.22. The Balaban J connectivity index is 1.45. The average Bonchev–Trinajstić information content (AvgIpc) is 2.83. The van der Waals surface area contributed by atoms with Crippen molar-refractivity contribution < 1.29 is 17.9 Å². The Bertz CT molecular complexity index is 1270. The Kier molecular flexibility index (Phi) is 7.49. The van der Waals surface area contributed by atoms with E-state index in [1.165, 1.54) is 12.1 Å². The molecule has 9 heteroatoms. The van der Waals surface area contributed by atoms with E-state index >= 15 is 0 Å². The summed E-state index contributed by atoms with van der Waals surface area (Å²) >= 11 is 0. The number of hydrogen-bond donors (Lipinski definition) is 2. The van der Waals surface area contributed by atoms with Crippen molar-refractivity contribution >= 4 is 27.4 Å². The molecule has 2 unspecified atom stereocenters. The predicted octanol–water partition coefficient (Wildman–Crippen LogP) is 3.73. The van der Waals surface area contributed by atoms with Crippen molar-refractivity contribution in [1.29, 1.82) is 0 Å². The van der Waals surface area contributed by atoms with Crippen molar-refractivity contribution in [2.45, 2.75) is 44.4 Å². The van der Waals surface area contributed by atoms with Crippen LogP contribution in [-0.2, 0) is 21.3 Å². The molecule has 1 amide bonds. The maximum absolute atomic E-state index is 13.0. The van der Waals surface area contributed by atoms with E-state index in [1.54, 1.807) is 25.3 Å². The number of carbonyl (C=O) groups excluding carboxylic acids is 1. The fourth-order valence-electron chi connectivity index (χ4n) is 4.08. The van der Waals surface area contributed by atoms with Crippen molar-refractivity contribution in [3.05, 3.63) is 83.6 Å². The molecule has 3 aromatic rings. The second-order valence-electron chi connectivity index (χ2n) is 8.81. The van der Waals surface area contributed by atoms with Crippen LogP contribution in [0.4, 0.5) is 11.5 Å². The highest BCUT2D eigenvalue weighted by molar-refractivity contribution is 7.89. The van der Waals surface area contributed by atoms with Crippen molar-refractivity contribution in [2.75, 3.05) is 23.3 Å². The number of amides is 1. The molecule has 0 radical (unpaired) electrons. The van der Waals surface area contributed by atoms with Crippen LogP contribution >= 0.6 is 0 Å². The van der Waals surface area contributed by atoms with Crippen LogP contribution < -0.4 is 14.9 Å². The Morgan fingerprint density at radius 2 is 1.77 bits per heavy atom. The number of morpholine rings is 1. The van der Waals surface area contributed by atoms with E-state index in [9.17, 15) is 13.2 Å². The standard InChI is InChI=1S/C26H30N4O4S/c1-18-9-11-23(35(32,33)28-14-21-7-5-4-6-8-21)13-24(18)26(31)29-22-10-12-25(27-15-22)30-16-19(2)34-20(3)17-30/h4-13,15,19-20,28H,14,16-17H2,1-3H3,(H,29,31). The first-order chi connectivity index (χ1) is 16.7. The zero-order valence-electron chi connectivity index (χ0n) is 20.1. The number of pyridine rings is 1. The molecule has 184 valence electrons. The van der Waals surface area contributed by atoms with Gasteiger partial charge in [0, 0.05) is 25.2 Å². The number of anilines is 2. The molecule has 1 aliphatic heterocycles. The summed E-state index contributed by atoms with van der Waals surface area (Å²) in [6.07, 6.45) is 1.84. The van der Waals surface area contributed by atoms with E-state index in [1.807, 2.05) is 50.2 Å². The number of carbonyl (C=O) groups is 1. The molecule has 35 heavy (non-hydrogen) atoms. The molecular formula is C26H30N4O4S. The summed E-state index contributed by atoms with van der Waals surface area (Å²) in [5.74, 6) is 0.421.